The van der Waals surface area contributed by atoms with Crippen molar-refractivity contribution in [2.75, 3.05) is 11.9 Å². The van der Waals surface area contributed by atoms with E-state index in [1.54, 1.807) is 0 Å². The van der Waals surface area contributed by atoms with Gasteiger partial charge in [-0.1, -0.05) is 43.3 Å². The number of pyridine rings is 1. The molecule has 0 radical (unpaired) electrons. The second-order valence-corrected chi connectivity index (χ2v) is 6.38. The number of hydrogen-bond donors (Lipinski definition) is 2. The van der Waals surface area contributed by atoms with E-state index in [-0.39, 0.29) is 28.7 Å². The van der Waals surface area contributed by atoms with E-state index in [1.165, 1.54) is 24.4 Å². The Bertz CT molecular complexity index is 1060. The Balaban J connectivity index is 2.24. The van der Waals surface area contributed by atoms with Crippen LogP contribution >= 0.6 is 0 Å². The van der Waals surface area contributed by atoms with Crippen LogP contribution < -0.4 is 10.6 Å². The van der Waals surface area contributed by atoms with Crippen molar-refractivity contribution in [3.63, 3.8) is 0 Å². The van der Waals surface area contributed by atoms with E-state index in [0.717, 1.165) is 23.7 Å². The van der Waals surface area contributed by atoms with Gasteiger partial charge in [0.05, 0.1) is 22.3 Å². The summed E-state index contributed by atoms with van der Waals surface area (Å²) in [6.45, 7) is 5.76. The van der Waals surface area contributed by atoms with Crippen molar-refractivity contribution < 1.29 is 18.0 Å². The number of nitrogens with one attached hydrogen (secondary N) is 2. The summed E-state index contributed by atoms with van der Waals surface area (Å²) in [6, 6.07) is 11.3. The number of nitrogens with zero attached hydrogens (tertiary/aromatic N) is 1. The van der Waals surface area contributed by atoms with Crippen LogP contribution in [-0.2, 0) is 12.6 Å². The molecule has 0 aliphatic rings. The maximum atomic E-state index is 13.5. The van der Waals surface area contributed by atoms with Gasteiger partial charge >= 0.3 is 6.18 Å². The van der Waals surface area contributed by atoms with Crippen LogP contribution in [0.4, 0.5) is 24.5 Å². The van der Waals surface area contributed by atoms with Gasteiger partial charge in [0.25, 0.3) is 5.91 Å². The van der Waals surface area contributed by atoms with E-state index in [4.69, 9.17) is 0 Å². The van der Waals surface area contributed by atoms with Crippen molar-refractivity contribution in [1.82, 2.24) is 10.3 Å². The van der Waals surface area contributed by atoms with Crippen LogP contribution in [0.1, 0.15) is 28.4 Å². The lowest BCUT2D eigenvalue weighted by Crippen LogP contribution is -2.24. The molecule has 0 fully saturated rings. The minimum absolute atomic E-state index is 0.157. The number of hydrogen-bond acceptors (Lipinski definition) is 3. The van der Waals surface area contributed by atoms with Crippen molar-refractivity contribution in [2.24, 2.45) is 0 Å². The van der Waals surface area contributed by atoms with Gasteiger partial charge in [-0.15, -0.1) is 6.58 Å². The summed E-state index contributed by atoms with van der Waals surface area (Å²) in [6.07, 6.45) is -1.14. The first kappa shape index (κ1) is 20.4. The Morgan fingerprint density at radius 2 is 1.93 bits per heavy atom. The molecule has 3 aromatic rings. The molecule has 0 unspecified atom stereocenters. The number of fused-ring (bicyclic) bond motifs is 1. The molecule has 0 saturated heterocycles. The Labute approximate surface area is 166 Å². The van der Waals surface area contributed by atoms with E-state index in [9.17, 15) is 18.0 Å². The predicted octanol–water partition coefficient (Wildman–Crippen LogP) is 5.48. The molecule has 0 atom stereocenters. The van der Waals surface area contributed by atoms with E-state index >= 15 is 0 Å². The number of anilines is 2. The number of carbonyl (C=O) groups excluding carboxylic acids is 1. The van der Waals surface area contributed by atoms with Crippen LogP contribution in [0.5, 0.6) is 0 Å². The first-order valence-electron chi connectivity index (χ1n) is 9.09. The molecule has 0 bridgehead atoms. The quantitative estimate of drug-likeness (QED) is 0.540. The highest BCUT2D eigenvalue weighted by Gasteiger charge is 2.34. The molecule has 0 spiro atoms. The second-order valence-electron chi connectivity index (χ2n) is 6.38. The van der Waals surface area contributed by atoms with E-state index < -0.39 is 17.6 Å². The highest BCUT2D eigenvalue weighted by atomic mass is 19.4. The summed E-state index contributed by atoms with van der Waals surface area (Å²) in [4.78, 5) is 16.6. The summed E-state index contributed by atoms with van der Waals surface area (Å²) < 4.78 is 40.4. The fraction of sp³-hybridized carbons (Fsp3) is 0.182. The molecule has 4 nitrogen and oxygen atoms in total. The lowest BCUT2D eigenvalue weighted by molar-refractivity contribution is -0.136. The van der Waals surface area contributed by atoms with Gasteiger partial charge in [0.2, 0.25) is 0 Å². The maximum absolute atomic E-state index is 13.5. The average Bonchev–Trinajstić information content (AvgIpc) is 2.71. The van der Waals surface area contributed by atoms with Gasteiger partial charge in [-0.3, -0.25) is 9.78 Å². The highest BCUT2D eigenvalue weighted by Crippen LogP contribution is 2.38. The van der Waals surface area contributed by atoms with Crippen LogP contribution in [-0.4, -0.2) is 17.4 Å². The van der Waals surface area contributed by atoms with Gasteiger partial charge in [-0.2, -0.15) is 13.2 Å². The fourth-order valence-electron chi connectivity index (χ4n) is 3.10. The topological polar surface area (TPSA) is 54.0 Å². The van der Waals surface area contributed by atoms with Crippen LogP contribution in [0, 0.1) is 0 Å². The number of halogens is 3. The lowest BCUT2D eigenvalue weighted by atomic mass is 10.0. The van der Waals surface area contributed by atoms with Crippen molar-refractivity contribution in [3.8, 4) is 0 Å². The number of aromatic nitrogens is 1. The van der Waals surface area contributed by atoms with Crippen molar-refractivity contribution in [2.45, 2.75) is 19.5 Å². The van der Waals surface area contributed by atoms with E-state index in [1.807, 2.05) is 31.2 Å². The molecule has 29 heavy (non-hydrogen) atoms. The third-order valence-corrected chi connectivity index (χ3v) is 4.51. The number of rotatable bonds is 6. The third-order valence-electron chi connectivity index (χ3n) is 4.51. The van der Waals surface area contributed by atoms with E-state index in [2.05, 4.69) is 22.2 Å². The molecule has 3 rings (SSSR count). The molecule has 1 amide bonds. The zero-order chi connectivity index (χ0) is 21.0. The SMILES string of the molecule is C=CCNC(=O)c1cnc2c(C(F)(F)F)cccc2c1Nc1ccccc1CC. The average molecular weight is 399 g/mol. The number of amides is 1. The van der Waals surface area contributed by atoms with Gasteiger partial charge in [0.15, 0.2) is 0 Å². The number of carbonyl (C=O) groups is 1. The van der Waals surface area contributed by atoms with Crippen LogP contribution in [0.25, 0.3) is 10.9 Å². The molecule has 0 aliphatic carbocycles. The Morgan fingerprint density at radius 3 is 2.62 bits per heavy atom. The molecule has 2 N–H and O–H groups in total. The molecule has 1 aromatic heterocycles. The normalized spacial score (nSPS) is 11.3. The fourth-order valence-corrected chi connectivity index (χ4v) is 3.10. The third kappa shape index (κ3) is 4.23. The molecule has 0 saturated carbocycles. The Hall–Kier alpha value is -3.35. The number of aryl methyl sites for hydroxylation is 1. The molecular formula is C22H20F3N3O. The van der Waals surface area contributed by atoms with Gasteiger partial charge in [-0.05, 0) is 24.1 Å². The smallest absolute Gasteiger partial charge is 0.354 e. The molecular weight excluding hydrogens is 379 g/mol. The van der Waals surface area contributed by atoms with E-state index in [0.29, 0.717) is 0 Å². The predicted molar refractivity (Wildman–Crippen MR) is 108 cm³/mol. The molecule has 1 heterocycles. The lowest BCUT2D eigenvalue weighted by Gasteiger charge is -2.18. The summed E-state index contributed by atoms with van der Waals surface area (Å²) in [5.74, 6) is -0.451. The number of alkyl halides is 3. The first-order chi connectivity index (χ1) is 13.9. The van der Waals surface area contributed by atoms with Gasteiger partial charge in [0.1, 0.15) is 0 Å². The first-order valence-corrected chi connectivity index (χ1v) is 9.09. The van der Waals surface area contributed by atoms with Gasteiger partial charge in [0, 0.05) is 23.8 Å². The second kappa shape index (κ2) is 8.34. The van der Waals surface area contributed by atoms with Crippen LogP contribution in [0.3, 0.4) is 0 Å². The number of para-hydroxylation sites is 2. The Morgan fingerprint density at radius 1 is 1.17 bits per heavy atom. The van der Waals surface area contributed by atoms with Crippen molar-refractivity contribution >= 4 is 28.2 Å². The van der Waals surface area contributed by atoms with Crippen LogP contribution in [0.2, 0.25) is 0 Å². The molecule has 0 aliphatic heterocycles. The zero-order valence-electron chi connectivity index (χ0n) is 15.8. The summed E-state index contributed by atoms with van der Waals surface area (Å²) >= 11 is 0. The van der Waals surface area contributed by atoms with Gasteiger partial charge in [-0.25, -0.2) is 0 Å². The summed E-state index contributed by atoms with van der Waals surface area (Å²) in [7, 11) is 0. The molecule has 2 aromatic carbocycles. The van der Waals surface area contributed by atoms with Gasteiger partial charge < -0.3 is 10.6 Å². The Kier molecular flexibility index (Phi) is 5.87. The highest BCUT2D eigenvalue weighted by molar-refractivity contribution is 6.08. The summed E-state index contributed by atoms with van der Waals surface area (Å²) in [5.41, 5.74) is 1.07. The van der Waals surface area contributed by atoms with Crippen molar-refractivity contribution in [1.29, 1.82) is 0 Å². The maximum Gasteiger partial charge on any atom is 0.418 e. The van der Waals surface area contributed by atoms with Crippen molar-refractivity contribution in [3.05, 3.63) is 78.0 Å². The minimum Gasteiger partial charge on any atom is -0.354 e. The minimum atomic E-state index is -4.56. The zero-order valence-corrected chi connectivity index (χ0v) is 15.8. The largest absolute Gasteiger partial charge is 0.418 e. The molecule has 7 heteroatoms. The summed E-state index contributed by atoms with van der Waals surface area (Å²) in [5, 5.41) is 6.05. The molecule has 150 valence electrons. The standard InChI is InChI=1S/C22H20F3N3O/c1-3-12-26-21(29)16-13-27-20-15(9-7-10-17(20)22(23,24)25)19(16)28-18-11-6-5-8-14(18)4-2/h3,5-11,13H,1,4,12H2,2H3,(H,26,29)(H,27,28). The monoisotopic (exact) mass is 399 g/mol. The number of benzene rings is 2. The van der Waals surface area contributed by atoms with Crippen LogP contribution in [0.15, 0.2) is 61.3 Å².